The summed E-state index contributed by atoms with van der Waals surface area (Å²) in [6.45, 7) is 0.619. The molecule has 3 aromatic carbocycles. The predicted octanol–water partition coefficient (Wildman–Crippen LogP) is 4.85. The van der Waals surface area contributed by atoms with E-state index in [1.807, 2.05) is 30.3 Å². The Morgan fingerprint density at radius 2 is 1.00 bits per heavy atom. The molecule has 0 heterocycles. The largest absolute Gasteiger partial charge is 0.223 e. The van der Waals surface area contributed by atoms with Crippen molar-refractivity contribution in [2.75, 3.05) is 0 Å². The van der Waals surface area contributed by atoms with Gasteiger partial charge in [0.25, 0.3) is 0 Å². The Morgan fingerprint density at radius 3 is 1.48 bits per heavy atom. The van der Waals surface area contributed by atoms with E-state index in [9.17, 15) is 0 Å². The maximum Gasteiger partial charge on any atom is 0.223 e. The van der Waals surface area contributed by atoms with Crippen molar-refractivity contribution in [3.8, 4) is 0 Å². The number of rotatable bonds is 5. The van der Waals surface area contributed by atoms with E-state index in [0.717, 1.165) is 0 Å². The smallest absolute Gasteiger partial charge is 0.157 e. The van der Waals surface area contributed by atoms with Crippen LogP contribution in [0.3, 0.4) is 0 Å². The van der Waals surface area contributed by atoms with Crippen molar-refractivity contribution in [1.82, 2.24) is 0 Å². The van der Waals surface area contributed by atoms with E-state index in [0.29, 0.717) is 6.61 Å². The van der Waals surface area contributed by atoms with Crippen LogP contribution >= 0.6 is 0 Å². The third-order valence-electron chi connectivity index (χ3n) is 3.10. The average Bonchev–Trinajstić information content (AvgIpc) is 2.58. The summed E-state index contributed by atoms with van der Waals surface area (Å²) in [5.74, 6) is 0. The van der Waals surface area contributed by atoms with Gasteiger partial charge >= 0.3 is 0 Å². The second-order valence-electron chi connectivity index (χ2n) is 4.64. The summed E-state index contributed by atoms with van der Waals surface area (Å²) in [6, 6.07) is 31.1. The number of hydrogen-bond acceptors (Lipinski definition) is 1. The Hall–Kier alpha value is -2.03. The molecule has 0 fully saturated rings. The maximum atomic E-state index is 6.23. The van der Waals surface area contributed by atoms with Crippen molar-refractivity contribution in [3.63, 3.8) is 0 Å². The van der Waals surface area contributed by atoms with Gasteiger partial charge in [0.15, 0.2) is 9.79 Å². The molecule has 0 bridgehead atoms. The van der Waals surface area contributed by atoms with Gasteiger partial charge in [-0.1, -0.05) is 66.7 Å². The summed E-state index contributed by atoms with van der Waals surface area (Å²) in [4.78, 5) is 2.42. The van der Waals surface area contributed by atoms with Gasteiger partial charge < -0.3 is 0 Å². The fourth-order valence-electron chi connectivity index (χ4n) is 2.06. The zero-order valence-corrected chi connectivity index (χ0v) is 12.5. The lowest BCUT2D eigenvalue weighted by atomic mass is 10.2. The van der Waals surface area contributed by atoms with E-state index in [2.05, 4.69) is 60.7 Å². The fraction of sp³-hybridized carbons (Fsp3) is 0.0526. The second-order valence-corrected chi connectivity index (χ2v) is 6.36. The van der Waals surface area contributed by atoms with E-state index < -0.39 is 0 Å². The molecule has 3 rings (SSSR count). The molecule has 3 aromatic rings. The van der Waals surface area contributed by atoms with Crippen LogP contribution in [0.4, 0.5) is 0 Å². The Morgan fingerprint density at radius 1 is 0.571 bits per heavy atom. The zero-order chi connectivity index (χ0) is 14.3. The molecule has 104 valence electrons. The highest BCUT2D eigenvalue weighted by Crippen LogP contribution is 2.25. The maximum absolute atomic E-state index is 6.23. The van der Waals surface area contributed by atoms with Gasteiger partial charge in [-0.15, -0.1) is 0 Å². The molecule has 2 heteroatoms. The minimum atomic E-state index is -0.352. The summed E-state index contributed by atoms with van der Waals surface area (Å²) in [7, 11) is 0. The topological polar surface area (TPSA) is 9.23 Å². The highest BCUT2D eigenvalue weighted by molar-refractivity contribution is 7.92. The van der Waals surface area contributed by atoms with Crippen LogP contribution in [0.1, 0.15) is 5.56 Å². The van der Waals surface area contributed by atoms with Gasteiger partial charge in [0, 0.05) is 0 Å². The normalized spacial score (nSPS) is 10.7. The first-order chi connectivity index (χ1) is 10.4. The Bertz CT molecular complexity index is 613. The predicted molar refractivity (Wildman–Crippen MR) is 88.0 cm³/mol. The Balaban J connectivity index is 1.83. The van der Waals surface area contributed by atoms with Gasteiger partial charge in [-0.05, 0) is 29.8 Å². The molecule has 0 saturated heterocycles. The van der Waals surface area contributed by atoms with Crippen molar-refractivity contribution in [2.45, 2.75) is 16.4 Å². The first-order valence-corrected chi connectivity index (χ1v) is 8.10. The quantitative estimate of drug-likeness (QED) is 0.611. The average molecular weight is 293 g/mol. The minimum Gasteiger partial charge on any atom is -0.157 e. The molecule has 0 aliphatic carbocycles. The molecule has 0 saturated carbocycles. The SMILES string of the molecule is c1ccc(CO[S+](c2ccccc2)c2ccccc2)cc1. The van der Waals surface area contributed by atoms with E-state index in [1.54, 1.807) is 0 Å². The molecule has 1 nitrogen and oxygen atoms in total. The van der Waals surface area contributed by atoms with E-state index in [1.165, 1.54) is 15.4 Å². The van der Waals surface area contributed by atoms with Gasteiger partial charge in [0.2, 0.25) is 11.2 Å². The number of hydrogen-bond donors (Lipinski definition) is 0. The first kappa shape index (κ1) is 13.9. The lowest BCUT2D eigenvalue weighted by Gasteiger charge is -2.06. The van der Waals surface area contributed by atoms with E-state index in [4.69, 9.17) is 4.18 Å². The molecule has 0 radical (unpaired) electrons. The van der Waals surface area contributed by atoms with Crippen molar-refractivity contribution >= 4 is 11.2 Å². The molecular weight excluding hydrogens is 276 g/mol. The molecule has 0 atom stereocenters. The van der Waals surface area contributed by atoms with Crippen LogP contribution in [0.25, 0.3) is 0 Å². The molecular formula is C19H17OS+. The van der Waals surface area contributed by atoms with Crippen LogP contribution in [0.2, 0.25) is 0 Å². The lowest BCUT2D eigenvalue weighted by molar-refractivity contribution is 0.350. The highest BCUT2D eigenvalue weighted by Gasteiger charge is 2.27. The first-order valence-electron chi connectivity index (χ1n) is 6.95. The Kier molecular flexibility index (Phi) is 4.72. The monoisotopic (exact) mass is 293 g/mol. The van der Waals surface area contributed by atoms with Crippen molar-refractivity contribution in [1.29, 1.82) is 0 Å². The molecule has 0 amide bonds. The van der Waals surface area contributed by atoms with Crippen LogP contribution in [0.15, 0.2) is 101 Å². The second kappa shape index (κ2) is 7.11. The van der Waals surface area contributed by atoms with Crippen LogP contribution in [0.5, 0.6) is 0 Å². The summed E-state index contributed by atoms with van der Waals surface area (Å²) >= 11 is -0.352. The van der Waals surface area contributed by atoms with Crippen LogP contribution < -0.4 is 0 Å². The van der Waals surface area contributed by atoms with Gasteiger partial charge in [0.05, 0.1) is 0 Å². The van der Waals surface area contributed by atoms with E-state index in [-0.39, 0.29) is 11.2 Å². The van der Waals surface area contributed by atoms with Crippen molar-refractivity contribution in [3.05, 3.63) is 96.6 Å². The van der Waals surface area contributed by atoms with Gasteiger partial charge in [0.1, 0.15) is 6.61 Å². The van der Waals surface area contributed by atoms with Crippen molar-refractivity contribution < 1.29 is 4.18 Å². The molecule has 0 aliphatic heterocycles. The molecule has 21 heavy (non-hydrogen) atoms. The standard InChI is InChI=1S/C19H17OS/c1-4-10-17(11-5-1)16-20-21(18-12-6-2-7-13-18)19-14-8-3-9-15-19/h1-15H,16H2/q+1. The Labute approximate surface area is 128 Å². The summed E-state index contributed by atoms with van der Waals surface area (Å²) in [6.07, 6.45) is 0. The van der Waals surface area contributed by atoms with Gasteiger partial charge in [-0.3, -0.25) is 0 Å². The summed E-state index contributed by atoms with van der Waals surface area (Å²) in [5.41, 5.74) is 1.20. The lowest BCUT2D eigenvalue weighted by Crippen LogP contribution is -2.08. The van der Waals surface area contributed by atoms with Gasteiger partial charge in [-0.25, -0.2) is 0 Å². The summed E-state index contributed by atoms with van der Waals surface area (Å²) < 4.78 is 6.23. The fourth-order valence-corrected chi connectivity index (χ4v) is 3.67. The van der Waals surface area contributed by atoms with Gasteiger partial charge in [-0.2, -0.15) is 4.18 Å². The molecule has 0 spiro atoms. The zero-order valence-electron chi connectivity index (χ0n) is 11.7. The van der Waals surface area contributed by atoms with Crippen LogP contribution in [0, 0.1) is 0 Å². The minimum absolute atomic E-state index is 0.352. The summed E-state index contributed by atoms with van der Waals surface area (Å²) in [5, 5.41) is 0. The molecule has 0 unspecified atom stereocenters. The highest BCUT2D eigenvalue weighted by atomic mass is 32.2. The molecule has 0 aliphatic rings. The third kappa shape index (κ3) is 3.75. The van der Waals surface area contributed by atoms with E-state index >= 15 is 0 Å². The molecule has 0 N–H and O–H groups in total. The van der Waals surface area contributed by atoms with Crippen LogP contribution in [-0.4, -0.2) is 0 Å². The van der Waals surface area contributed by atoms with Crippen LogP contribution in [-0.2, 0) is 22.0 Å². The van der Waals surface area contributed by atoms with Crippen molar-refractivity contribution in [2.24, 2.45) is 0 Å². The molecule has 0 aromatic heterocycles. The number of benzene rings is 3. The third-order valence-corrected chi connectivity index (χ3v) is 4.86.